The lowest BCUT2D eigenvalue weighted by Crippen LogP contribution is -2.49. The molecule has 36 heavy (non-hydrogen) atoms. The lowest BCUT2D eigenvalue weighted by Gasteiger charge is -2.57. The van der Waals surface area contributed by atoms with Crippen molar-refractivity contribution in [1.82, 2.24) is 0 Å². The molecule has 4 aliphatic carbocycles. The fourth-order valence-electron chi connectivity index (χ4n) is 9.83. The van der Waals surface area contributed by atoms with E-state index in [-0.39, 0.29) is 0 Å². The molecule has 7 atom stereocenters. The first-order valence-electron chi connectivity index (χ1n) is 14.7. The van der Waals surface area contributed by atoms with E-state index in [1.54, 1.807) is 12.0 Å². The Bertz CT molecular complexity index is 1030. The van der Waals surface area contributed by atoms with E-state index < -0.39 is 0 Å². The normalized spacial score (nSPS) is 38.8. The van der Waals surface area contributed by atoms with Gasteiger partial charge in [0.25, 0.3) is 0 Å². The van der Waals surface area contributed by atoms with Crippen LogP contribution in [0.3, 0.4) is 0 Å². The zero-order chi connectivity index (χ0) is 25.3. The van der Waals surface area contributed by atoms with Crippen molar-refractivity contribution in [3.8, 4) is 9.85 Å². The van der Waals surface area contributed by atoms with E-state index in [9.17, 15) is 0 Å². The summed E-state index contributed by atoms with van der Waals surface area (Å²) < 4.78 is 4.35. The van der Waals surface area contributed by atoms with Crippen molar-refractivity contribution >= 4 is 50.9 Å². The molecule has 0 aromatic heterocycles. The van der Waals surface area contributed by atoms with Gasteiger partial charge in [0, 0.05) is 44.0 Å². The standard InChI is InChI=1S/C33H45I2N/c1-4-15-33(18-20-35)17-13-27-25(22-33)8-9-29-28(27)12-16-32(3)30(10-11-31(29)32)23(2)36-26-7-5-6-24(21-26)14-19-34/h5-7,21,25,27-29,31,36H,4,8-13,15-18,20,22H2,1-3H3/b30-23+/t25-,27+,28-,29-,31+,32-,33+/m1/s1. The Kier molecular flexibility index (Phi) is 8.73. The largest absolute Gasteiger partial charge is 0.359 e. The third kappa shape index (κ3) is 5.17. The summed E-state index contributed by atoms with van der Waals surface area (Å²) in [5.41, 5.74) is 6.49. The highest BCUT2D eigenvalue weighted by atomic mass is 127. The predicted molar refractivity (Wildman–Crippen MR) is 172 cm³/mol. The molecule has 4 aliphatic rings. The maximum absolute atomic E-state index is 3.80. The van der Waals surface area contributed by atoms with Crippen LogP contribution in [0, 0.1) is 50.3 Å². The fourth-order valence-corrected chi connectivity index (χ4v) is 11.3. The summed E-state index contributed by atoms with van der Waals surface area (Å²) in [6, 6.07) is 8.61. The van der Waals surface area contributed by atoms with E-state index >= 15 is 0 Å². The quantitative estimate of drug-likeness (QED) is 0.176. The highest BCUT2D eigenvalue weighted by molar-refractivity contribution is 14.1. The van der Waals surface area contributed by atoms with Crippen LogP contribution in [0.1, 0.15) is 103 Å². The van der Waals surface area contributed by atoms with Crippen molar-refractivity contribution in [2.45, 2.75) is 97.8 Å². The fraction of sp³-hybridized carbons (Fsp3) is 0.697. The molecule has 0 bridgehead atoms. The molecule has 1 aromatic carbocycles. The van der Waals surface area contributed by atoms with Crippen molar-refractivity contribution < 1.29 is 0 Å². The van der Waals surface area contributed by atoms with Gasteiger partial charge in [-0.25, -0.2) is 0 Å². The summed E-state index contributed by atoms with van der Waals surface area (Å²) in [5.74, 6) is 8.13. The maximum atomic E-state index is 3.80. The van der Waals surface area contributed by atoms with Gasteiger partial charge in [0.15, 0.2) is 0 Å². The maximum Gasteiger partial charge on any atom is 0.0394 e. The van der Waals surface area contributed by atoms with Gasteiger partial charge in [-0.1, -0.05) is 54.8 Å². The lowest BCUT2D eigenvalue weighted by molar-refractivity contribution is -0.0664. The molecule has 196 valence electrons. The SMILES string of the molecule is CCC[C@@]1(CCI)CC[C@H]2[C@H](CC[C@@H]3[C@@H]2CC[C@]2(C)/C(=C(\C)Nc4cccc(C#CI)c4)CC[C@@H]32)C1. The minimum absolute atomic E-state index is 0.395. The van der Waals surface area contributed by atoms with Gasteiger partial charge in [-0.3, -0.25) is 0 Å². The first-order chi connectivity index (χ1) is 17.4. The van der Waals surface area contributed by atoms with Crippen LogP contribution in [-0.2, 0) is 0 Å². The van der Waals surface area contributed by atoms with Gasteiger partial charge < -0.3 is 5.32 Å². The molecule has 0 unspecified atom stereocenters. The Balaban J connectivity index is 1.32. The summed E-state index contributed by atoms with van der Waals surface area (Å²) in [4.78, 5) is 0. The summed E-state index contributed by atoms with van der Waals surface area (Å²) in [6.45, 7) is 7.39. The van der Waals surface area contributed by atoms with Crippen LogP contribution < -0.4 is 5.32 Å². The van der Waals surface area contributed by atoms with Crippen molar-refractivity contribution in [1.29, 1.82) is 0 Å². The van der Waals surface area contributed by atoms with E-state index in [1.165, 1.54) is 86.4 Å². The zero-order valence-corrected chi connectivity index (χ0v) is 27.0. The van der Waals surface area contributed by atoms with Crippen molar-refractivity contribution in [3.63, 3.8) is 0 Å². The molecule has 0 aliphatic heterocycles. The number of alkyl halides is 1. The molecule has 4 fully saturated rings. The topological polar surface area (TPSA) is 12.0 Å². The summed E-state index contributed by atoms with van der Waals surface area (Å²) in [5, 5.41) is 3.80. The van der Waals surface area contributed by atoms with Crippen LogP contribution in [0.25, 0.3) is 0 Å². The van der Waals surface area contributed by atoms with Crippen molar-refractivity contribution in [2.75, 3.05) is 9.74 Å². The number of nitrogens with one attached hydrogen (secondary N) is 1. The van der Waals surface area contributed by atoms with Crippen molar-refractivity contribution in [2.24, 2.45) is 40.4 Å². The molecule has 0 saturated heterocycles. The van der Waals surface area contributed by atoms with Crippen LogP contribution in [0.15, 0.2) is 35.5 Å². The Morgan fingerprint density at radius 1 is 1.06 bits per heavy atom. The molecule has 0 radical (unpaired) electrons. The number of halogens is 2. The molecule has 1 N–H and O–H groups in total. The van der Waals surface area contributed by atoms with Gasteiger partial charge in [0.2, 0.25) is 0 Å². The Labute approximate surface area is 248 Å². The van der Waals surface area contributed by atoms with Crippen LogP contribution >= 0.6 is 45.2 Å². The highest BCUT2D eigenvalue weighted by Gasteiger charge is 2.56. The second kappa shape index (κ2) is 11.5. The van der Waals surface area contributed by atoms with Crippen LogP contribution in [0.5, 0.6) is 0 Å². The molecule has 5 rings (SSSR count). The molecule has 0 heterocycles. The molecule has 1 aromatic rings. The zero-order valence-electron chi connectivity index (χ0n) is 22.6. The third-order valence-corrected chi connectivity index (χ3v) is 12.1. The van der Waals surface area contributed by atoms with Crippen LogP contribution in [0.2, 0.25) is 0 Å². The van der Waals surface area contributed by atoms with Gasteiger partial charge in [-0.05, 0) is 146 Å². The molecule has 3 heteroatoms. The monoisotopic (exact) mass is 709 g/mol. The molecule has 4 saturated carbocycles. The Morgan fingerprint density at radius 3 is 2.67 bits per heavy atom. The number of hydrogen-bond donors (Lipinski definition) is 1. The second-order valence-electron chi connectivity index (χ2n) is 12.9. The summed E-state index contributed by atoms with van der Waals surface area (Å²) >= 11 is 4.76. The first kappa shape index (κ1) is 27.4. The number of hydrogen-bond acceptors (Lipinski definition) is 1. The van der Waals surface area contributed by atoms with E-state index in [0.29, 0.717) is 10.8 Å². The van der Waals surface area contributed by atoms with Gasteiger partial charge in [0.05, 0.1) is 0 Å². The molecule has 0 spiro atoms. The van der Waals surface area contributed by atoms with Gasteiger partial charge in [-0.2, -0.15) is 0 Å². The van der Waals surface area contributed by atoms with Crippen LogP contribution in [0.4, 0.5) is 5.69 Å². The molecule has 0 amide bonds. The van der Waals surface area contributed by atoms with E-state index in [0.717, 1.165) is 35.2 Å². The first-order valence-corrected chi connectivity index (χ1v) is 17.3. The number of allylic oxidation sites excluding steroid dienone is 2. The van der Waals surface area contributed by atoms with Gasteiger partial charge >= 0.3 is 0 Å². The Hall–Kier alpha value is -0.220. The smallest absolute Gasteiger partial charge is 0.0394 e. The average molecular weight is 710 g/mol. The minimum atomic E-state index is 0.395. The number of fused-ring (bicyclic) bond motifs is 5. The van der Waals surface area contributed by atoms with Gasteiger partial charge in [-0.15, -0.1) is 0 Å². The molecule has 1 nitrogen and oxygen atoms in total. The van der Waals surface area contributed by atoms with E-state index in [4.69, 9.17) is 0 Å². The lowest BCUT2D eigenvalue weighted by atomic mass is 9.48. The number of rotatable bonds is 6. The second-order valence-corrected chi connectivity index (χ2v) is 14.5. The number of anilines is 1. The van der Waals surface area contributed by atoms with E-state index in [1.807, 2.05) is 0 Å². The third-order valence-electron chi connectivity index (χ3n) is 11.3. The highest BCUT2D eigenvalue weighted by Crippen LogP contribution is 2.65. The predicted octanol–water partition coefficient (Wildman–Crippen LogP) is 10.4. The summed E-state index contributed by atoms with van der Waals surface area (Å²) in [7, 11) is 0. The summed E-state index contributed by atoms with van der Waals surface area (Å²) in [6.07, 6.45) is 17.5. The minimum Gasteiger partial charge on any atom is -0.359 e. The van der Waals surface area contributed by atoms with E-state index in [2.05, 4.69) is 105 Å². The Morgan fingerprint density at radius 2 is 1.89 bits per heavy atom. The molecular weight excluding hydrogens is 664 g/mol. The van der Waals surface area contributed by atoms with Gasteiger partial charge in [0.1, 0.15) is 0 Å². The van der Waals surface area contributed by atoms with Crippen LogP contribution in [-0.4, -0.2) is 4.43 Å². The number of benzene rings is 1. The van der Waals surface area contributed by atoms with Crippen molar-refractivity contribution in [3.05, 3.63) is 41.1 Å². The molecular formula is C33H45I2N. The average Bonchev–Trinajstić information content (AvgIpc) is 3.22.